The van der Waals surface area contributed by atoms with Crippen LogP contribution in [0.1, 0.15) is 20.3 Å². The number of H-pyrrole nitrogens is 1. The molecule has 7 heteroatoms. The Labute approximate surface area is 117 Å². The molecule has 1 atom stereocenters. The first kappa shape index (κ1) is 14.6. The molecule has 0 spiro atoms. The van der Waals surface area contributed by atoms with Crippen molar-refractivity contribution >= 4 is 11.5 Å². The predicted octanol–water partition coefficient (Wildman–Crippen LogP) is 0.223. The second-order valence-corrected chi connectivity index (χ2v) is 5.93. The number of anilines is 2. The van der Waals surface area contributed by atoms with E-state index >= 15 is 0 Å². The van der Waals surface area contributed by atoms with Gasteiger partial charge in [0.15, 0.2) is 0 Å². The Bertz CT molecular complexity index is 603. The molecule has 1 heterocycles. The highest BCUT2D eigenvalue weighted by Crippen LogP contribution is 2.51. The van der Waals surface area contributed by atoms with Gasteiger partial charge in [-0.15, -0.1) is 0 Å². The van der Waals surface area contributed by atoms with Crippen LogP contribution >= 0.6 is 0 Å². The predicted molar refractivity (Wildman–Crippen MR) is 78.0 cm³/mol. The Hall–Kier alpha value is -1.76. The van der Waals surface area contributed by atoms with Gasteiger partial charge in [0.2, 0.25) is 0 Å². The third-order valence-corrected chi connectivity index (χ3v) is 4.00. The molecule has 20 heavy (non-hydrogen) atoms. The average Bonchev–Trinajstić information content (AvgIpc) is 2.96. The molecule has 7 nitrogen and oxygen atoms in total. The number of nitrogens with zero attached hydrogens (tertiary/aromatic N) is 1. The molecule has 4 N–H and O–H groups in total. The highest BCUT2D eigenvalue weighted by Gasteiger charge is 2.45. The monoisotopic (exact) mass is 282 g/mol. The lowest BCUT2D eigenvalue weighted by Crippen LogP contribution is -2.35. The van der Waals surface area contributed by atoms with Crippen molar-refractivity contribution in [3.8, 4) is 0 Å². The summed E-state index contributed by atoms with van der Waals surface area (Å²) < 4.78 is 6.24. The fourth-order valence-electron chi connectivity index (χ4n) is 2.31. The van der Waals surface area contributed by atoms with Crippen molar-refractivity contribution in [2.75, 3.05) is 31.3 Å². The lowest BCUT2D eigenvalue weighted by molar-refractivity contribution is 0.186. The highest BCUT2D eigenvalue weighted by atomic mass is 16.5. The van der Waals surface area contributed by atoms with E-state index in [2.05, 4.69) is 24.1 Å². The summed E-state index contributed by atoms with van der Waals surface area (Å²) in [6.45, 7) is 5.72. The van der Waals surface area contributed by atoms with Crippen LogP contribution in [0, 0.1) is 11.3 Å². The second-order valence-electron chi connectivity index (χ2n) is 5.93. The Morgan fingerprint density at radius 2 is 2.15 bits per heavy atom. The van der Waals surface area contributed by atoms with Crippen LogP contribution in [0.4, 0.5) is 11.5 Å². The van der Waals surface area contributed by atoms with Crippen LogP contribution in [0.25, 0.3) is 0 Å². The van der Waals surface area contributed by atoms with Gasteiger partial charge in [0.05, 0.1) is 13.2 Å². The number of hydrogen-bond acceptors (Lipinski definition) is 5. The van der Waals surface area contributed by atoms with E-state index in [4.69, 9.17) is 10.5 Å². The maximum atomic E-state index is 11.8. The third kappa shape index (κ3) is 2.87. The van der Waals surface area contributed by atoms with E-state index in [0.29, 0.717) is 31.0 Å². The van der Waals surface area contributed by atoms with E-state index in [-0.39, 0.29) is 11.5 Å². The quantitative estimate of drug-likeness (QED) is 0.693. The zero-order valence-corrected chi connectivity index (χ0v) is 12.2. The summed E-state index contributed by atoms with van der Waals surface area (Å²) in [5, 5.41) is 3.07. The topological polar surface area (TPSA) is 102 Å². The first-order valence-electron chi connectivity index (χ1n) is 6.72. The number of ether oxygens (including phenoxy) is 1. The largest absolute Gasteiger partial charge is 0.383 e. The third-order valence-electron chi connectivity index (χ3n) is 4.00. The van der Waals surface area contributed by atoms with Gasteiger partial charge < -0.3 is 15.8 Å². The lowest BCUT2D eigenvalue weighted by atomic mass is 10.1. The van der Waals surface area contributed by atoms with E-state index < -0.39 is 11.2 Å². The maximum absolute atomic E-state index is 11.8. The number of aromatic amines is 1. The molecular weight excluding hydrogens is 260 g/mol. The summed E-state index contributed by atoms with van der Waals surface area (Å²) in [7, 11) is 1.54. The molecule has 1 aliphatic carbocycles. The zero-order valence-electron chi connectivity index (χ0n) is 12.2. The van der Waals surface area contributed by atoms with Crippen molar-refractivity contribution in [3.63, 3.8) is 0 Å². The Kier molecular flexibility index (Phi) is 3.89. The van der Waals surface area contributed by atoms with Crippen LogP contribution < -0.4 is 22.3 Å². The first-order chi connectivity index (χ1) is 9.36. The van der Waals surface area contributed by atoms with E-state index in [1.165, 1.54) is 4.57 Å². The molecule has 1 aromatic heterocycles. The number of nitrogens with two attached hydrogens (primary N) is 1. The van der Waals surface area contributed by atoms with Gasteiger partial charge in [-0.1, -0.05) is 13.8 Å². The SMILES string of the molecule is COCCn1c(N)c(NCC2CC2(C)C)c(=O)[nH]c1=O. The van der Waals surface area contributed by atoms with Crippen molar-refractivity contribution in [2.45, 2.75) is 26.8 Å². The summed E-state index contributed by atoms with van der Waals surface area (Å²) in [4.78, 5) is 25.8. The molecular formula is C13H22N4O3. The van der Waals surface area contributed by atoms with Crippen LogP contribution in [0.15, 0.2) is 9.59 Å². The van der Waals surface area contributed by atoms with E-state index in [9.17, 15) is 9.59 Å². The fraction of sp³-hybridized carbons (Fsp3) is 0.692. The molecule has 0 aliphatic heterocycles. The maximum Gasteiger partial charge on any atom is 0.330 e. The van der Waals surface area contributed by atoms with Crippen molar-refractivity contribution in [1.82, 2.24) is 9.55 Å². The van der Waals surface area contributed by atoms with Crippen LogP contribution in [-0.2, 0) is 11.3 Å². The Balaban J connectivity index is 2.19. The van der Waals surface area contributed by atoms with Gasteiger partial charge in [-0.25, -0.2) is 4.79 Å². The summed E-state index contributed by atoms with van der Waals surface area (Å²) in [6, 6.07) is 0. The number of nitrogen functional groups attached to an aromatic ring is 1. The molecule has 0 radical (unpaired) electrons. The number of methoxy groups -OCH3 is 1. The molecule has 0 amide bonds. The van der Waals surface area contributed by atoms with Crippen LogP contribution in [0.2, 0.25) is 0 Å². The number of hydrogen-bond donors (Lipinski definition) is 3. The van der Waals surface area contributed by atoms with Crippen molar-refractivity contribution in [1.29, 1.82) is 0 Å². The Morgan fingerprint density at radius 1 is 1.50 bits per heavy atom. The van der Waals surface area contributed by atoms with Gasteiger partial charge in [0.1, 0.15) is 11.5 Å². The first-order valence-corrected chi connectivity index (χ1v) is 6.72. The molecule has 1 unspecified atom stereocenters. The Morgan fingerprint density at radius 3 is 2.70 bits per heavy atom. The molecule has 0 bridgehead atoms. The molecule has 0 aromatic carbocycles. The van der Waals surface area contributed by atoms with Crippen LogP contribution in [0.3, 0.4) is 0 Å². The highest BCUT2D eigenvalue weighted by molar-refractivity contribution is 5.60. The number of nitrogens with one attached hydrogen (secondary N) is 2. The molecule has 1 fully saturated rings. The van der Waals surface area contributed by atoms with Crippen molar-refractivity contribution in [2.24, 2.45) is 11.3 Å². The second kappa shape index (κ2) is 5.32. The minimum atomic E-state index is -0.512. The summed E-state index contributed by atoms with van der Waals surface area (Å²) in [6.07, 6.45) is 1.13. The van der Waals surface area contributed by atoms with E-state index in [0.717, 1.165) is 6.42 Å². The smallest absolute Gasteiger partial charge is 0.330 e. The van der Waals surface area contributed by atoms with Crippen LogP contribution in [0.5, 0.6) is 0 Å². The van der Waals surface area contributed by atoms with Gasteiger partial charge in [-0.05, 0) is 17.8 Å². The molecule has 112 valence electrons. The molecule has 1 aromatic rings. The lowest BCUT2D eigenvalue weighted by Gasteiger charge is -2.14. The average molecular weight is 282 g/mol. The summed E-state index contributed by atoms with van der Waals surface area (Å²) in [5.74, 6) is 0.690. The summed E-state index contributed by atoms with van der Waals surface area (Å²) >= 11 is 0. The van der Waals surface area contributed by atoms with Crippen molar-refractivity contribution < 1.29 is 4.74 Å². The number of aromatic nitrogens is 2. The van der Waals surface area contributed by atoms with Gasteiger partial charge in [-0.3, -0.25) is 14.3 Å². The molecule has 2 rings (SSSR count). The van der Waals surface area contributed by atoms with Crippen LogP contribution in [-0.4, -0.2) is 29.8 Å². The normalized spacial score (nSPS) is 19.9. The standard InChI is InChI=1S/C13H22N4O3/c1-13(2)6-8(13)7-15-9-10(14)17(4-5-20-3)12(19)16-11(9)18/h8,15H,4-7,14H2,1-3H3,(H,16,18,19). The number of rotatable bonds is 6. The van der Waals surface area contributed by atoms with Gasteiger partial charge in [-0.2, -0.15) is 0 Å². The molecule has 1 aliphatic rings. The van der Waals surface area contributed by atoms with Gasteiger partial charge in [0, 0.05) is 13.7 Å². The van der Waals surface area contributed by atoms with E-state index in [1.807, 2.05) is 0 Å². The summed E-state index contributed by atoms with van der Waals surface area (Å²) in [5.41, 5.74) is 5.53. The minimum Gasteiger partial charge on any atom is -0.383 e. The fourth-order valence-corrected chi connectivity index (χ4v) is 2.31. The zero-order chi connectivity index (χ0) is 14.9. The molecule has 1 saturated carbocycles. The van der Waals surface area contributed by atoms with Gasteiger partial charge in [0.25, 0.3) is 5.56 Å². The minimum absolute atomic E-state index is 0.161. The van der Waals surface area contributed by atoms with Gasteiger partial charge >= 0.3 is 5.69 Å². The molecule has 0 saturated heterocycles. The van der Waals surface area contributed by atoms with E-state index in [1.54, 1.807) is 7.11 Å². The van der Waals surface area contributed by atoms with Crippen molar-refractivity contribution in [3.05, 3.63) is 20.8 Å².